The largest absolute Gasteiger partial charge is 0.307 e. The Labute approximate surface area is 109 Å². The second kappa shape index (κ2) is 7.11. The van der Waals surface area contributed by atoms with Crippen molar-refractivity contribution < 1.29 is 4.92 Å². The zero-order valence-electron chi connectivity index (χ0n) is 11.3. The number of nitro benzene ring substituents is 1. The van der Waals surface area contributed by atoms with E-state index in [0.717, 1.165) is 12.0 Å². The molecule has 0 amide bonds. The molecule has 18 heavy (non-hydrogen) atoms. The van der Waals surface area contributed by atoms with Gasteiger partial charge in [0.05, 0.1) is 4.92 Å². The molecule has 1 aromatic carbocycles. The van der Waals surface area contributed by atoms with E-state index in [2.05, 4.69) is 19.2 Å². The van der Waals surface area contributed by atoms with Crippen LogP contribution in [0.15, 0.2) is 24.3 Å². The average molecular weight is 250 g/mol. The number of hydrogen-bond acceptors (Lipinski definition) is 3. The molecule has 0 saturated heterocycles. The summed E-state index contributed by atoms with van der Waals surface area (Å²) >= 11 is 0. The summed E-state index contributed by atoms with van der Waals surface area (Å²) in [5.41, 5.74) is 0.950. The van der Waals surface area contributed by atoms with E-state index in [1.807, 2.05) is 19.1 Å². The summed E-state index contributed by atoms with van der Waals surface area (Å²) in [6, 6.07) is 7.30. The van der Waals surface area contributed by atoms with Crippen LogP contribution < -0.4 is 5.32 Å². The Hall–Kier alpha value is -1.42. The van der Waals surface area contributed by atoms with E-state index in [9.17, 15) is 10.1 Å². The molecule has 1 N–H and O–H groups in total. The van der Waals surface area contributed by atoms with Crippen LogP contribution in [0.5, 0.6) is 0 Å². The quantitative estimate of drug-likeness (QED) is 0.591. The Morgan fingerprint density at radius 2 is 2.00 bits per heavy atom. The fourth-order valence-electron chi connectivity index (χ4n) is 2.13. The van der Waals surface area contributed by atoms with Crippen molar-refractivity contribution >= 4 is 5.69 Å². The molecule has 0 aliphatic heterocycles. The SMILES string of the molecule is CCCCC(C)NC(C)c1ccccc1[N+](=O)[O-]. The van der Waals surface area contributed by atoms with E-state index >= 15 is 0 Å². The molecule has 2 atom stereocenters. The van der Waals surface area contributed by atoms with Crippen LogP contribution in [0.2, 0.25) is 0 Å². The van der Waals surface area contributed by atoms with Gasteiger partial charge in [-0.3, -0.25) is 10.1 Å². The van der Waals surface area contributed by atoms with Crippen LogP contribution in [-0.4, -0.2) is 11.0 Å². The third-order valence-electron chi connectivity index (χ3n) is 3.13. The number of benzene rings is 1. The summed E-state index contributed by atoms with van der Waals surface area (Å²) in [5.74, 6) is 0. The summed E-state index contributed by atoms with van der Waals surface area (Å²) in [5, 5.41) is 14.4. The van der Waals surface area contributed by atoms with E-state index in [1.165, 1.54) is 12.8 Å². The van der Waals surface area contributed by atoms with Crippen LogP contribution in [-0.2, 0) is 0 Å². The molecule has 0 radical (unpaired) electrons. The summed E-state index contributed by atoms with van der Waals surface area (Å²) < 4.78 is 0. The number of unbranched alkanes of at least 4 members (excludes halogenated alkanes) is 1. The predicted octanol–water partition coefficient (Wildman–Crippen LogP) is 3.82. The van der Waals surface area contributed by atoms with Crippen molar-refractivity contribution in [3.05, 3.63) is 39.9 Å². The number of rotatable bonds is 7. The molecule has 0 heterocycles. The highest BCUT2D eigenvalue weighted by molar-refractivity contribution is 5.41. The normalized spacial score (nSPS) is 14.2. The third-order valence-corrected chi connectivity index (χ3v) is 3.13. The Bertz CT molecular complexity index is 393. The van der Waals surface area contributed by atoms with Crippen molar-refractivity contribution in [2.75, 3.05) is 0 Å². The summed E-state index contributed by atoms with van der Waals surface area (Å²) in [6.07, 6.45) is 3.45. The molecule has 100 valence electrons. The Kier molecular flexibility index (Phi) is 5.78. The number of nitrogens with one attached hydrogen (secondary N) is 1. The zero-order chi connectivity index (χ0) is 13.5. The Morgan fingerprint density at radius 1 is 1.33 bits per heavy atom. The molecule has 0 aromatic heterocycles. The third kappa shape index (κ3) is 4.11. The maximum atomic E-state index is 11.0. The van der Waals surface area contributed by atoms with Crippen LogP contribution in [0.4, 0.5) is 5.69 Å². The Balaban J connectivity index is 2.71. The molecule has 0 saturated carbocycles. The topological polar surface area (TPSA) is 55.2 Å². The van der Waals surface area contributed by atoms with Crippen LogP contribution >= 0.6 is 0 Å². The minimum Gasteiger partial charge on any atom is -0.307 e. The lowest BCUT2D eigenvalue weighted by Crippen LogP contribution is -2.29. The molecule has 0 bridgehead atoms. The van der Waals surface area contributed by atoms with E-state index in [-0.39, 0.29) is 16.7 Å². The highest BCUT2D eigenvalue weighted by Crippen LogP contribution is 2.24. The number of nitrogens with zero attached hydrogens (tertiary/aromatic N) is 1. The van der Waals surface area contributed by atoms with Crippen molar-refractivity contribution in [2.45, 2.75) is 52.1 Å². The number of para-hydroxylation sites is 1. The zero-order valence-corrected chi connectivity index (χ0v) is 11.3. The highest BCUT2D eigenvalue weighted by atomic mass is 16.6. The molecular formula is C14H22N2O2. The monoisotopic (exact) mass is 250 g/mol. The van der Waals surface area contributed by atoms with Crippen molar-refractivity contribution in [2.24, 2.45) is 0 Å². The second-order valence-electron chi connectivity index (χ2n) is 4.75. The maximum Gasteiger partial charge on any atom is 0.274 e. The van der Waals surface area contributed by atoms with Gasteiger partial charge in [-0.25, -0.2) is 0 Å². The van der Waals surface area contributed by atoms with Crippen LogP contribution in [0.25, 0.3) is 0 Å². The van der Waals surface area contributed by atoms with Gasteiger partial charge in [-0.15, -0.1) is 0 Å². The average Bonchev–Trinajstić information content (AvgIpc) is 2.36. The molecule has 2 unspecified atom stereocenters. The lowest BCUT2D eigenvalue weighted by molar-refractivity contribution is -0.385. The van der Waals surface area contributed by atoms with E-state index in [1.54, 1.807) is 12.1 Å². The standard InChI is InChI=1S/C14H22N2O2/c1-4-5-8-11(2)15-12(3)13-9-6-7-10-14(13)16(17)18/h6-7,9-12,15H,4-5,8H2,1-3H3. The minimum atomic E-state index is -0.315. The van der Waals surface area contributed by atoms with Gasteiger partial charge in [-0.05, 0) is 20.3 Å². The molecule has 1 aromatic rings. The molecule has 4 nitrogen and oxygen atoms in total. The van der Waals surface area contributed by atoms with Gasteiger partial charge >= 0.3 is 0 Å². The van der Waals surface area contributed by atoms with Gasteiger partial charge in [0.1, 0.15) is 0 Å². The second-order valence-corrected chi connectivity index (χ2v) is 4.75. The molecule has 1 rings (SSSR count). The smallest absolute Gasteiger partial charge is 0.274 e. The van der Waals surface area contributed by atoms with Gasteiger partial charge in [0.15, 0.2) is 0 Å². The first-order valence-electron chi connectivity index (χ1n) is 6.55. The van der Waals surface area contributed by atoms with Crippen LogP contribution in [0, 0.1) is 10.1 Å². The number of nitro groups is 1. The van der Waals surface area contributed by atoms with Crippen molar-refractivity contribution in [1.29, 1.82) is 0 Å². The van der Waals surface area contributed by atoms with E-state index < -0.39 is 0 Å². The van der Waals surface area contributed by atoms with Gasteiger partial charge in [0.2, 0.25) is 0 Å². The first kappa shape index (κ1) is 14.6. The maximum absolute atomic E-state index is 11.0. The van der Waals surface area contributed by atoms with Gasteiger partial charge < -0.3 is 5.32 Å². The van der Waals surface area contributed by atoms with Gasteiger partial charge in [-0.1, -0.05) is 38.0 Å². The van der Waals surface area contributed by atoms with Gasteiger partial charge in [0, 0.05) is 23.7 Å². The van der Waals surface area contributed by atoms with Crippen LogP contribution in [0.1, 0.15) is 51.6 Å². The molecule has 0 fully saturated rings. The fourth-order valence-corrected chi connectivity index (χ4v) is 2.13. The Morgan fingerprint density at radius 3 is 2.61 bits per heavy atom. The first-order chi connectivity index (χ1) is 8.56. The molecular weight excluding hydrogens is 228 g/mol. The van der Waals surface area contributed by atoms with Crippen LogP contribution in [0.3, 0.4) is 0 Å². The van der Waals surface area contributed by atoms with E-state index in [0.29, 0.717) is 6.04 Å². The highest BCUT2D eigenvalue weighted by Gasteiger charge is 2.18. The first-order valence-corrected chi connectivity index (χ1v) is 6.55. The van der Waals surface area contributed by atoms with Crippen molar-refractivity contribution in [3.8, 4) is 0 Å². The number of hydrogen-bond donors (Lipinski definition) is 1. The van der Waals surface area contributed by atoms with Crippen molar-refractivity contribution in [3.63, 3.8) is 0 Å². The minimum absolute atomic E-state index is 0.00143. The predicted molar refractivity (Wildman–Crippen MR) is 73.6 cm³/mol. The lowest BCUT2D eigenvalue weighted by atomic mass is 10.0. The summed E-state index contributed by atoms with van der Waals surface area (Å²) in [4.78, 5) is 10.6. The molecule has 0 aliphatic rings. The summed E-state index contributed by atoms with van der Waals surface area (Å²) in [6.45, 7) is 6.27. The van der Waals surface area contributed by atoms with Gasteiger partial charge in [0.25, 0.3) is 5.69 Å². The molecule has 0 spiro atoms. The lowest BCUT2D eigenvalue weighted by Gasteiger charge is -2.20. The fraction of sp³-hybridized carbons (Fsp3) is 0.571. The molecule has 0 aliphatic carbocycles. The van der Waals surface area contributed by atoms with E-state index in [4.69, 9.17) is 0 Å². The summed E-state index contributed by atoms with van der Waals surface area (Å²) in [7, 11) is 0. The van der Waals surface area contributed by atoms with Crippen molar-refractivity contribution in [1.82, 2.24) is 5.32 Å². The van der Waals surface area contributed by atoms with Gasteiger partial charge in [-0.2, -0.15) is 0 Å². The molecule has 4 heteroatoms.